The zero-order valence-corrected chi connectivity index (χ0v) is 21.4. The van der Waals surface area contributed by atoms with Crippen LogP contribution in [-0.4, -0.2) is 16.6 Å². The van der Waals surface area contributed by atoms with Gasteiger partial charge in [-0.3, -0.25) is 0 Å². The predicted molar refractivity (Wildman–Crippen MR) is 140 cm³/mol. The maximum Gasteiger partial charge on any atom is 0.159 e. The van der Waals surface area contributed by atoms with Crippen LogP contribution in [0, 0.1) is 17.8 Å². The number of nitrogens with zero attached hydrogens (tertiary/aromatic N) is 2. The van der Waals surface area contributed by atoms with Crippen LogP contribution in [0.4, 0.5) is 0 Å². The largest absolute Gasteiger partial charge is 0.494 e. The highest BCUT2D eigenvalue weighted by molar-refractivity contribution is 5.55. The number of ether oxygens (including phenoxy) is 1. The van der Waals surface area contributed by atoms with E-state index in [9.17, 15) is 0 Å². The Kier molecular flexibility index (Phi) is 11.2. The average molecular weight is 451 g/mol. The highest BCUT2D eigenvalue weighted by atomic mass is 16.5. The second kappa shape index (κ2) is 14.4. The fraction of sp³-hybridized carbons (Fsp3) is 0.667. The monoisotopic (exact) mass is 450 g/mol. The van der Waals surface area contributed by atoms with Crippen molar-refractivity contribution in [3.8, 4) is 17.1 Å². The maximum atomic E-state index is 6.02. The van der Waals surface area contributed by atoms with E-state index in [2.05, 4.69) is 55.0 Å². The summed E-state index contributed by atoms with van der Waals surface area (Å²) in [4.78, 5) is 9.17. The molecule has 182 valence electrons. The fourth-order valence-corrected chi connectivity index (χ4v) is 5.00. The van der Waals surface area contributed by atoms with Crippen LogP contribution in [0.5, 0.6) is 5.75 Å². The molecule has 0 bridgehead atoms. The quantitative estimate of drug-likeness (QED) is 0.270. The van der Waals surface area contributed by atoms with Crippen molar-refractivity contribution in [2.75, 3.05) is 6.61 Å². The van der Waals surface area contributed by atoms with Crippen LogP contribution in [0.1, 0.15) is 103 Å². The molecule has 3 nitrogen and oxygen atoms in total. The van der Waals surface area contributed by atoms with E-state index in [4.69, 9.17) is 4.74 Å². The SMILES string of the molecule is CCCCC[C@H]1CC[C@H](CCCOc2ccc(-c3ncc(CC[C@@H](C)CC)cn3)cc2)CC1. The predicted octanol–water partition coefficient (Wildman–Crippen LogP) is 8.67. The summed E-state index contributed by atoms with van der Waals surface area (Å²) in [6.07, 6.45) is 21.4. The highest BCUT2D eigenvalue weighted by Gasteiger charge is 2.20. The first-order valence-electron chi connectivity index (χ1n) is 13.7. The molecule has 3 heteroatoms. The lowest BCUT2D eigenvalue weighted by Crippen LogP contribution is -2.15. The molecule has 0 radical (unpaired) electrons. The summed E-state index contributed by atoms with van der Waals surface area (Å²) in [6, 6.07) is 8.25. The molecule has 1 saturated carbocycles. The molecule has 0 N–H and O–H groups in total. The molecule has 1 aliphatic carbocycles. The Morgan fingerprint density at radius 3 is 2.12 bits per heavy atom. The lowest BCUT2D eigenvalue weighted by Gasteiger charge is -2.28. The van der Waals surface area contributed by atoms with Gasteiger partial charge in [0.1, 0.15) is 5.75 Å². The van der Waals surface area contributed by atoms with E-state index in [1.807, 2.05) is 12.4 Å². The van der Waals surface area contributed by atoms with Gasteiger partial charge in [0.05, 0.1) is 6.61 Å². The summed E-state index contributed by atoms with van der Waals surface area (Å²) < 4.78 is 6.02. The lowest BCUT2D eigenvalue weighted by atomic mass is 9.78. The van der Waals surface area contributed by atoms with Crippen LogP contribution in [0.2, 0.25) is 0 Å². The van der Waals surface area contributed by atoms with Gasteiger partial charge in [0.2, 0.25) is 0 Å². The average Bonchev–Trinajstić information content (AvgIpc) is 2.87. The Morgan fingerprint density at radius 2 is 1.52 bits per heavy atom. The minimum Gasteiger partial charge on any atom is -0.494 e. The van der Waals surface area contributed by atoms with Crippen molar-refractivity contribution in [1.29, 1.82) is 0 Å². The number of hydrogen-bond donors (Lipinski definition) is 0. The Hall–Kier alpha value is -1.90. The zero-order valence-electron chi connectivity index (χ0n) is 21.4. The normalized spacial score (nSPS) is 19.4. The number of benzene rings is 1. The fourth-order valence-electron chi connectivity index (χ4n) is 5.00. The number of rotatable bonds is 14. The van der Waals surface area contributed by atoms with E-state index in [0.29, 0.717) is 0 Å². The van der Waals surface area contributed by atoms with Gasteiger partial charge in [0.15, 0.2) is 5.82 Å². The molecular weight excluding hydrogens is 404 g/mol. The van der Waals surface area contributed by atoms with E-state index in [0.717, 1.165) is 54.3 Å². The second-order valence-electron chi connectivity index (χ2n) is 10.4. The van der Waals surface area contributed by atoms with E-state index in [-0.39, 0.29) is 0 Å². The molecule has 1 fully saturated rings. The van der Waals surface area contributed by atoms with Crippen LogP contribution in [0.3, 0.4) is 0 Å². The van der Waals surface area contributed by atoms with Gasteiger partial charge in [0.25, 0.3) is 0 Å². The Labute approximate surface area is 202 Å². The number of unbranched alkanes of at least 4 members (excludes halogenated alkanes) is 2. The van der Waals surface area contributed by atoms with Crippen LogP contribution >= 0.6 is 0 Å². The third-order valence-electron chi connectivity index (χ3n) is 7.65. The summed E-state index contributed by atoms with van der Waals surface area (Å²) in [5, 5.41) is 0. The summed E-state index contributed by atoms with van der Waals surface area (Å²) in [7, 11) is 0. The molecule has 0 aliphatic heterocycles. The molecule has 0 unspecified atom stereocenters. The molecule has 2 aromatic rings. The van der Waals surface area contributed by atoms with Crippen molar-refractivity contribution in [1.82, 2.24) is 9.97 Å². The van der Waals surface area contributed by atoms with E-state index in [1.165, 1.54) is 76.2 Å². The molecule has 1 atom stereocenters. The van der Waals surface area contributed by atoms with E-state index in [1.54, 1.807) is 0 Å². The van der Waals surface area contributed by atoms with E-state index >= 15 is 0 Å². The topological polar surface area (TPSA) is 35.0 Å². The van der Waals surface area contributed by atoms with Gasteiger partial charge in [0, 0.05) is 18.0 Å². The van der Waals surface area contributed by atoms with Gasteiger partial charge in [-0.1, -0.05) is 78.6 Å². The van der Waals surface area contributed by atoms with Crippen molar-refractivity contribution < 1.29 is 4.74 Å². The summed E-state index contributed by atoms with van der Waals surface area (Å²) >= 11 is 0. The van der Waals surface area contributed by atoms with Crippen molar-refractivity contribution in [2.45, 2.75) is 104 Å². The number of aromatic nitrogens is 2. The van der Waals surface area contributed by atoms with Gasteiger partial charge in [-0.25, -0.2) is 9.97 Å². The van der Waals surface area contributed by atoms with Crippen molar-refractivity contribution in [3.63, 3.8) is 0 Å². The lowest BCUT2D eigenvalue weighted by molar-refractivity contribution is 0.228. The molecule has 1 heterocycles. The van der Waals surface area contributed by atoms with Gasteiger partial charge in [-0.15, -0.1) is 0 Å². The zero-order chi connectivity index (χ0) is 23.3. The van der Waals surface area contributed by atoms with Crippen LogP contribution < -0.4 is 4.74 Å². The second-order valence-corrected chi connectivity index (χ2v) is 10.4. The molecule has 0 spiro atoms. The van der Waals surface area contributed by atoms with Gasteiger partial charge >= 0.3 is 0 Å². The first-order valence-corrected chi connectivity index (χ1v) is 13.7. The standard InChI is InChI=1S/C30H46N2O/c1-4-6-7-9-25-13-15-26(16-14-25)10-8-21-33-29-19-17-28(18-20-29)30-31-22-27(23-32-30)12-11-24(3)5-2/h17-20,22-26H,4-16,21H2,1-3H3/t24-,25-,26-/m0/s1. The number of hydrogen-bond acceptors (Lipinski definition) is 3. The Balaban J connectivity index is 1.33. The minimum atomic E-state index is 0.757. The number of aryl methyl sites for hydroxylation is 1. The molecule has 0 saturated heterocycles. The smallest absolute Gasteiger partial charge is 0.159 e. The molecule has 0 amide bonds. The molecule has 1 aliphatic rings. The summed E-state index contributed by atoms with van der Waals surface area (Å²) in [6.45, 7) is 7.67. The van der Waals surface area contributed by atoms with Crippen LogP contribution in [0.15, 0.2) is 36.7 Å². The Bertz CT molecular complexity index is 763. The van der Waals surface area contributed by atoms with Crippen molar-refractivity contribution in [2.24, 2.45) is 17.8 Å². The summed E-state index contributed by atoms with van der Waals surface area (Å²) in [5.74, 6) is 4.42. The van der Waals surface area contributed by atoms with E-state index < -0.39 is 0 Å². The molecule has 3 rings (SSSR count). The van der Waals surface area contributed by atoms with Gasteiger partial charge in [-0.2, -0.15) is 0 Å². The molecule has 1 aromatic carbocycles. The van der Waals surface area contributed by atoms with Gasteiger partial charge < -0.3 is 4.74 Å². The Morgan fingerprint density at radius 1 is 0.879 bits per heavy atom. The summed E-state index contributed by atoms with van der Waals surface area (Å²) in [5.41, 5.74) is 2.27. The minimum absolute atomic E-state index is 0.757. The molecule has 1 aromatic heterocycles. The van der Waals surface area contributed by atoms with Crippen LogP contribution in [0.25, 0.3) is 11.4 Å². The van der Waals surface area contributed by atoms with Crippen LogP contribution in [-0.2, 0) is 6.42 Å². The van der Waals surface area contributed by atoms with Crippen molar-refractivity contribution in [3.05, 3.63) is 42.2 Å². The first kappa shape index (κ1) is 25.7. The maximum absolute atomic E-state index is 6.02. The first-order chi connectivity index (χ1) is 16.2. The van der Waals surface area contributed by atoms with Crippen molar-refractivity contribution >= 4 is 0 Å². The highest BCUT2D eigenvalue weighted by Crippen LogP contribution is 2.34. The molecule has 33 heavy (non-hydrogen) atoms. The third kappa shape index (κ3) is 9.10. The third-order valence-corrected chi connectivity index (χ3v) is 7.65. The van der Waals surface area contributed by atoms with Gasteiger partial charge in [-0.05, 0) is 73.3 Å². The molecular formula is C30H46N2O.